The van der Waals surface area contributed by atoms with Crippen LogP contribution in [0.2, 0.25) is 0 Å². The van der Waals surface area contributed by atoms with Crippen molar-refractivity contribution in [2.75, 3.05) is 13.2 Å². The van der Waals surface area contributed by atoms with Crippen molar-refractivity contribution in [3.8, 4) is 11.4 Å². The Bertz CT molecular complexity index is 805. The fourth-order valence-corrected chi connectivity index (χ4v) is 2.61. The zero-order chi connectivity index (χ0) is 21.4. The molecule has 0 aliphatic heterocycles. The molecule has 10 nitrogen and oxygen atoms in total. The predicted molar refractivity (Wildman–Crippen MR) is 104 cm³/mol. The number of aliphatic hydroxyl groups excluding tert-OH is 1. The maximum absolute atomic E-state index is 11.4. The molecule has 0 bridgehead atoms. The molecule has 0 radical (unpaired) electrons. The van der Waals surface area contributed by atoms with Crippen LogP contribution in [0.15, 0.2) is 28.8 Å². The number of nitro groups is 1. The second kappa shape index (κ2) is 10.6. The van der Waals surface area contributed by atoms with Crippen LogP contribution in [0.3, 0.4) is 0 Å². The van der Waals surface area contributed by atoms with Crippen molar-refractivity contribution < 1.29 is 24.1 Å². The Kier molecular flexibility index (Phi) is 8.22. The Balaban J connectivity index is 1.99. The van der Waals surface area contributed by atoms with E-state index in [1.807, 2.05) is 20.8 Å². The standard InChI is InChI=1S/C19H26N4O6/c1-4-5-16(25)28-11-15(24)10-20-17(12(2)3)19-21-18(22-29-19)13-6-8-14(9-7-13)23(26)27/h6-9,12,15,17,20,24H,4-5,10-11H2,1-3H3/t15-,17-/m1/s1. The minimum atomic E-state index is -0.867. The molecule has 2 atom stereocenters. The Morgan fingerprint density at radius 3 is 2.62 bits per heavy atom. The highest BCUT2D eigenvalue weighted by molar-refractivity contribution is 5.69. The smallest absolute Gasteiger partial charge is 0.305 e. The van der Waals surface area contributed by atoms with Gasteiger partial charge in [-0.1, -0.05) is 25.9 Å². The van der Waals surface area contributed by atoms with Gasteiger partial charge in [0.15, 0.2) is 0 Å². The summed E-state index contributed by atoms with van der Waals surface area (Å²) in [7, 11) is 0. The van der Waals surface area contributed by atoms with Crippen LogP contribution in [-0.2, 0) is 9.53 Å². The van der Waals surface area contributed by atoms with Gasteiger partial charge >= 0.3 is 5.97 Å². The maximum atomic E-state index is 11.4. The first-order valence-electron chi connectivity index (χ1n) is 9.47. The zero-order valence-corrected chi connectivity index (χ0v) is 16.7. The summed E-state index contributed by atoms with van der Waals surface area (Å²) in [6, 6.07) is 5.53. The second-order valence-corrected chi connectivity index (χ2v) is 6.98. The number of non-ortho nitro benzene ring substituents is 1. The van der Waals surface area contributed by atoms with E-state index in [1.54, 1.807) is 12.1 Å². The van der Waals surface area contributed by atoms with Crippen molar-refractivity contribution in [1.82, 2.24) is 15.5 Å². The third-order valence-electron chi connectivity index (χ3n) is 4.17. The average molecular weight is 406 g/mol. The lowest BCUT2D eigenvalue weighted by molar-refractivity contribution is -0.384. The molecule has 29 heavy (non-hydrogen) atoms. The monoisotopic (exact) mass is 406 g/mol. The van der Waals surface area contributed by atoms with Crippen molar-refractivity contribution in [2.24, 2.45) is 5.92 Å². The number of rotatable bonds is 11. The van der Waals surface area contributed by atoms with Crippen molar-refractivity contribution in [1.29, 1.82) is 0 Å². The summed E-state index contributed by atoms with van der Waals surface area (Å²) in [4.78, 5) is 26.0. The Labute approximate surface area is 168 Å². The number of hydrogen-bond acceptors (Lipinski definition) is 9. The third kappa shape index (κ3) is 6.61. The highest BCUT2D eigenvalue weighted by Gasteiger charge is 2.24. The van der Waals surface area contributed by atoms with E-state index in [1.165, 1.54) is 12.1 Å². The van der Waals surface area contributed by atoms with Crippen LogP contribution in [0.5, 0.6) is 0 Å². The molecular formula is C19H26N4O6. The molecule has 0 saturated carbocycles. The number of nitrogens with zero attached hydrogens (tertiary/aromatic N) is 3. The number of benzene rings is 1. The first-order valence-corrected chi connectivity index (χ1v) is 9.47. The molecule has 2 aromatic rings. The zero-order valence-electron chi connectivity index (χ0n) is 16.7. The normalized spacial score (nSPS) is 13.3. The highest BCUT2D eigenvalue weighted by Crippen LogP contribution is 2.24. The molecule has 0 fully saturated rings. The molecule has 2 N–H and O–H groups in total. The van der Waals surface area contributed by atoms with Gasteiger partial charge in [0.1, 0.15) is 12.7 Å². The van der Waals surface area contributed by atoms with Crippen LogP contribution in [0, 0.1) is 16.0 Å². The van der Waals surface area contributed by atoms with Crippen LogP contribution >= 0.6 is 0 Å². The summed E-state index contributed by atoms with van der Waals surface area (Å²) < 4.78 is 10.4. The van der Waals surface area contributed by atoms with Gasteiger partial charge in [-0.05, 0) is 24.5 Å². The van der Waals surface area contributed by atoms with Crippen molar-refractivity contribution in [3.05, 3.63) is 40.3 Å². The molecule has 0 amide bonds. The largest absolute Gasteiger partial charge is 0.463 e. The minimum absolute atomic E-state index is 0.0205. The number of aliphatic hydroxyl groups is 1. The lowest BCUT2D eigenvalue weighted by atomic mass is 10.0. The Hall–Kier alpha value is -2.85. The fourth-order valence-electron chi connectivity index (χ4n) is 2.61. The Morgan fingerprint density at radius 2 is 2.03 bits per heavy atom. The number of nitrogens with one attached hydrogen (secondary N) is 1. The van der Waals surface area contributed by atoms with Gasteiger partial charge < -0.3 is 19.7 Å². The topological polar surface area (TPSA) is 141 Å². The number of carbonyl (C=O) groups excluding carboxylic acids is 1. The van der Waals surface area contributed by atoms with Gasteiger partial charge in [-0.15, -0.1) is 0 Å². The fraction of sp³-hybridized carbons (Fsp3) is 0.526. The number of esters is 1. The van der Waals surface area contributed by atoms with Crippen LogP contribution in [-0.4, -0.2) is 45.4 Å². The molecule has 10 heteroatoms. The minimum Gasteiger partial charge on any atom is -0.463 e. The number of ether oxygens (including phenoxy) is 1. The van der Waals surface area contributed by atoms with Gasteiger partial charge in [0.25, 0.3) is 5.69 Å². The maximum Gasteiger partial charge on any atom is 0.305 e. The van der Waals surface area contributed by atoms with Gasteiger partial charge in [0.2, 0.25) is 11.7 Å². The average Bonchev–Trinajstić information content (AvgIpc) is 3.16. The number of carbonyl (C=O) groups is 1. The molecule has 0 aliphatic carbocycles. The lowest BCUT2D eigenvalue weighted by Crippen LogP contribution is -2.35. The summed E-state index contributed by atoms with van der Waals surface area (Å²) in [6.07, 6.45) is 0.146. The molecule has 0 saturated heterocycles. The second-order valence-electron chi connectivity index (χ2n) is 6.98. The van der Waals surface area contributed by atoms with Gasteiger partial charge in [0.05, 0.1) is 11.0 Å². The first kappa shape index (κ1) is 22.4. The molecular weight excluding hydrogens is 380 g/mol. The molecule has 0 spiro atoms. The van der Waals surface area contributed by atoms with E-state index in [9.17, 15) is 20.0 Å². The number of aromatic nitrogens is 2. The van der Waals surface area contributed by atoms with E-state index < -0.39 is 11.0 Å². The summed E-state index contributed by atoms with van der Waals surface area (Å²) >= 11 is 0. The van der Waals surface area contributed by atoms with Crippen molar-refractivity contribution in [3.63, 3.8) is 0 Å². The van der Waals surface area contributed by atoms with Gasteiger partial charge in [-0.3, -0.25) is 14.9 Å². The molecule has 1 heterocycles. The highest BCUT2D eigenvalue weighted by atomic mass is 16.6. The van der Waals surface area contributed by atoms with E-state index in [2.05, 4.69) is 15.5 Å². The summed E-state index contributed by atoms with van der Waals surface area (Å²) in [5.41, 5.74) is 0.573. The lowest BCUT2D eigenvalue weighted by Gasteiger charge is -2.20. The Morgan fingerprint density at radius 1 is 1.34 bits per heavy atom. The summed E-state index contributed by atoms with van der Waals surface area (Å²) in [6.45, 7) is 5.88. The van der Waals surface area contributed by atoms with Gasteiger partial charge in [-0.2, -0.15) is 4.98 Å². The van der Waals surface area contributed by atoms with Crippen LogP contribution in [0.25, 0.3) is 11.4 Å². The van der Waals surface area contributed by atoms with E-state index in [4.69, 9.17) is 9.26 Å². The van der Waals surface area contributed by atoms with E-state index in [0.717, 1.165) is 0 Å². The molecule has 0 unspecified atom stereocenters. The van der Waals surface area contributed by atoms with E-state index in [-0.39, 0.29) is 36.8 Å². The first-order chi connectivity index (χ1) is 13.8. The molecule has 0 aliphatic rings. The summed E-state index contributed by atoms with van der Waals surface area (Å²) in [5, 5.41) is 27.9. The molecule has 158 valence electrons. The van der Waals surface area contributed by atoms with Gasteiger partial charge in [0, 0.05) is 30.7 Å². The molecule has 1 aromatic carbocycles. The van der Waals surface area contributed by atoms with Crippen LogP contribution in [0.1, 0.15) is 45.5 Å². The SMILES string of the molecule is CCCC(=O)OC[C@H](O)CN[C@@H](c1nc(-c2ccc([N+](=O)[O-])cc2)no1)C(C)C. The van der Waals surface area contributed by atoms with E-state index >= 15 is 0 Å². The van der Waals surface area contributed by atoms with Crippen molar-refractivity contribution >= 4 is 11.7 Å². The third-order valence-corrected chi connectivity index (χ3v) is 4.17. The quantitative estimate of drug-likeness (QED) is 0.327. The number of hydrogen-bond donors (Lipinski definition) is 2. The van der Waals surface area contributed by atoms with Crippen LogP contribution < -0.4 is 5.32 Å². The predicted octanol–water partition coefficient (Wildman–Crippen LogP) is 2.64. The summed E-state index contributed by atoms with van der Waals surface area (Å²) in [5.74, 6) is 0.395. The molecule has 1 aromatic heterocycles. The van der Waals surface area contributed by atoms with Crippen LogP contribution in [0.4, 0.5) is 5.69 Å². The van der Waals surface area contributed by atoms with Crippen molar-refractivity contribution in [2.45, 2.75) is 45.8 Å². The van der Waals surface area contributed by atoms with E-state index in [0.29, 0.717) is 30.1 Å². The number of nitro benzene ring substituents is 1. The van der Waals surface area contributed by atoms with Gasteiger partial charge in [-0.25, -0.2) is 0 Å². The molecule has 2 rings (SSSR count).